The van der Waals surface area contributed by atoms with Crippen LogP contribution >= 0.6 is 11.8 Å². The number of rotatable bonds is 5. The van der Waals surface area contributed by atoms with Crippen LogP contribution in [0.2, 0.25) is 0 Å². The van der Waals surface area contributed by atoms with Gasteiger partial charge in [-0.05, 0) is 74.1 Å². The molecule has 0 aromatic heterocycles. The molecule has 0 radical (unpaired) electrons. The SMILES string of the molecule is Cc1ccc(C)c(Sc2ccc(NC(=O)CN3C(=O)NC4(CCCCC4C)C3=O)cc2)c1. The fourth-order valence-electron chi connectivity index (χ4n) is 4.53. The number of nitrogens with zero attached hydrogens (tertiary/aromatic N) is 1. The zero-order valence-corrected chi connectivity index (χ0v) is 19.6. The largest absolute Gasteiger partial charge is 0.325 e. The van der Waals surface area contributed by atoms with Gasteiger partial charge in [-0.1, -0.05) is 43.7 Å². The Balaban J connectivity index is 1.37. The van der Waals surface area contributed by atoms with Gasteiger partial charge in [0.2, 0.25) is 5.91 Å². The molecule has 2 aromatic rings. The summed E-state index contributed by atoms with van der Waals surface area (Å²) >= 11 is 1.68. The molecule has 2 unspecified atom stereocenters. The first-order chi connectivity index (χ1) is 15.3. The number of benzene rings is 2. The number of carbonyl (C=O) groups excluding carboxylic acids is 3. The van der Waals surface area contributed by atoms with Gasteiger partial charge in [-0.2, -0.15) is 0 Å². The van der Waals surface area contributed by atoms with Crippen molar-refractivity contribution in [2.24, 2.45) is 5.92 Å². The van der Waals surface area contributed by atoms with E-state index in [1.165, 1.54) is 16.0 Å². The van der Waals surface area contributed by atoms with Crippen molar-refractivity contribution in [3.63, 3.8) is 0 Å². The number of urea groups is 1. The smallest absolute Gasteiger partial charge is 0.325 e. The van der Waals surface area contributed by atoms with Crippen molar-refractivity contribution < 1.29 is 14.4 Å². The van der Waals surface area contributed by atoms with Gasteiger partial charge in [0.05, 0.1) is 0 Å². The summed E-state index contributed by atoms with van der Waals surface area (Å²) in [5.74, 6) is -0.586. The highest BCUT2D eigenvalue weighted by Crippen LogP contribution is 2.38. The molecule has 1 saturated heterocycles. The number of carbonyl (C=O) groups is 3. The summed E-state index contributed by atoms with van der Waals surface area (Å²) in [5.41, 5.74) is 2.22. The summed E-state index contributed by atoms with van der Waals surface area (Å²) in [4.78, 5) is 41.4. The number of hydrogen-bond acceptors (Lipinski definition) is 4. The number of amides is 4. The molecule has 1 heterocycles. The fourth-order valence-corrected chi connectivity index (χ4v) is 5.53. The highest BCUT2D eigenvalue weighted by molar-refractivity contribution is 7.99. The van der Waals surface area contributed by atoms with Crippen molar-refractivity contribution in [3.8, 4) is 0 Å². The molecular formula is C25H29N3O3S. The third kappa shape index (κ3) is 4.39. The second kappa shape index (κ2) is 8.98. The minimum absolute atomic E-state index is 0.0721. The molecule has 4 amide bonds. The van der Waals surface area contributed by atoms with Gasteiger partial charge >= 0.3 is 6.03 Å². The lowest BCUT2D eigenvalue weighted by Gasteiger charge is -2.36. The lowest BCUT2D eigenvalue weighted by molar-refractivity contribution is -0.136. The molecule has 1 aliphatic carbocycles. The highest BCUT2D eigenvalue weighted by atomic mass is 32.2. The maximum Gasteiger partial charge on any atom is 0.325 e. The van der Waals surface area contributed by atoms with Gasteiger partial charge in [0.15, 0.2) is 0 Å². The quantitative estimate of drug-likeness (QED) is 0.634. The zero-order chi connectivity index (χ0) is 22.9. The average Bonchev–Trinajstić information content (AvgIpc) is 2.99. The molecule has 4 rings (SSSR count). The van der Waals surface area contributed by atoms with Gasteiger partial charge in [0.25, 0.3) is 5.91 Å². The minimum Gasteiger partial charge on any atom is -0.325 e. The summed E-state index contributed by atoms with van der Waals surface area (Å²) in [6.45, 7) is 5.88. The molecule has 1 aliphatic heterocycles. The fraction of sp³-hybridized carbons (Fsp3) is 0.400. The third-order valence-corrected chi connectivity index (χ3v) is 7.68. The average molecular weight is 452 g/mol. The van der Waals surface area contributed by atoms with E-state index in [-0.39, 0.29) is 24.3 Å². The van der Waals surface area contributed by atoms with Crippen LogP contribution in [-0.4, -0.2) is 34.8 Å². The topological polar surface area (TPSA) is 78.5 Å². The Morgan fingerprint density at radius 1 is 1.16 bits per heavy atom. The van der Waals surface area contributed by atoms with Crippen LogP contribution in [0.5, 0.6) is 0 Å². The Bertz CT molecular complexity index is 1050. The van der Waals surface area contributed by atoms with Gasteiger partial charge in [0.1, 0.15) is 12.1 Å². The Labute approximate surface area is 193 Å². The number of imide groups is 1. The first kappa shape index (κ1) is 22.4. The molecule has 2 aliphatic rings. The molecule has 1 spiro atoms. The Morgan fingerprint density at radius 3 is 2.62 bits per heavy atom. The van der Waals surface area contributed by atoms with Crippen LogP contribution in [0.15, 0.2) is 52.3 Å². The van der Waals surface area contributed by atoms with E-state index in [0.717, 1.165) is 29.1 Å². The second-order valence-electron chi connectivity index (χ2n) is 8.88. The van der Waals surface area contributed by atoms with Crippen LogP contribution in [0, 0.1) is 19.8 Å². The number of aryl methyl sites for hydroxylation is 2. The summed E-state index contributed by atoms with van der Waals surface area (Å²) in [6.07, 6.45) is 3.50. The Hall–Kier alpha value is -2.80. The van der Waals surface area contributed by atoms with E-state index >= 15 is 0 Å². The molecule has 2 N–H and O–H groups in total. The van der Waals surface area contributed by atoms with Crippen molar-refractivity contribution in [1.29, 1.82) is 0 Å². The molecule has 168 valence electrons. The maximum atomic E-state index is 13.0. The predicted molar refractivity (Wildman–Crippen MR) is 126 cm³/mol. The molecule has 7 heteroatoms. The minimum atomic E-state index is -0.845. The maximum absolute atomic E-state index is 13.0. The molecule has 32 heavy (non-hydrogen) atoms. The van der Waals surface area contributed by atoms with Crippen LogP contribution < -0.4 is 10.6 Å². The first-order valence-electron chi connectivity index (χ1n) is 11.1. The van der Waals surface area contributed by atoms with Gasteiger partial charge < -0.3 is 10.6 Å². The second-order valence-corrected chi connectivity index (χ2v) is 10.00. The summed E-state index contributed by atoms with van der Waals surface area (Å²) in [7, 11) is 0. The summed E-state index contributed by atoms with van der Waals surface area (Å²) < 4.78 is 0. The van der Waals surface area contributed by atoms with E-state index < -0.39 is 11.6 Å². The lowest BCUT2D eigenvalue weighted by atomic mass is 9.73. The standard InChI is InChI=1S/C25H29N3O3S/c1-16-7-8-17(2)21(14-16)32-20-11-9-19(10-12-20)26-22(29)15-28-23(30)25(27-24(28)31)13-5-4-6-18(25)3/h7-12,14,18H,4-6,13,15H2,1-3H3,(H,26,29)(H,27,31). The van der Waals surface area contributed by atoms with Crippen molar-refractivity contribution in [2.75, 3.05) is 11.9 Å². The van der Waals surface area contributed by atoms with Crippen LogP contribution in [0.3, 0.4) is 0 Å². The lowest BCUT2D eigenvalue weighted by Crippen LogP contribution is -2.54. The Morgan fingerprint density at radius 2 is 1.91 bits per heavy atom. The molecule has 0 bridgehead atoms. The van der Waals surface area contributed by atoms with Gasteiger partial charge in [0, 0.05) is 15.5 Å². The monoisotopic (exact) mass is 451 g/mol. The van der Waals surface area contributed by atoms with Crippen molar-refractivity contribution in [1.82, 2.24) is 10.2 Å². The molecule has 2 aromatic carbocycles. The van der Waals surface area contributed by atoms with Crippen LogP contribution in [0.1, 0.15) is 43.7 Å². The van der Waals surface area contributed by atoms with Crippen molar-refractivity contribution in [3.05, 3.63) is 53.6 Å². The zero-order valence-electron chi connectivity index (χ0n) is 18.7. The van der Waals surface area contributed by atoms with E-state index in [0.29, 0.717) is 12.1 Å². The van der Waals surface area contributed by atoms with Crippen LogP contribution in [0.25, 0.3) is 0 Å². The molecule has 2 atom stereocenters. The number of anilines is 1. The van der Waals surface area contributed by atoms with E-state index in [2.05, 4.69) is 42.7 Å². The first-order valence-corrected chi connectivity index (χ1v) is 11.9. The molecular weight excluding hydrogens is 422 g/mol. The van der Waals surface area contributed by atoms with Crippen molar-refractivity contribution in [2.45, 2.75) is 61.8 Å². The third-order valence-electron chi connectivity index (χ3n) is 6.51. The van der Waals surface area contributed by atoms with E-state index in [1.807, 2.05) is 31.2 Å². The number of nitrogens with one attached hydrogen (secondary N) is 2. The van der Waals surface area contributed by atoms with E-state index in [4.69, 9.17) is 0 Å². The normalized spacial score (nSPS) is 22.8. The van der Waals surface area contributed by atoms with Crippen LogP contribution in [-0.2, 0) is 9.59 Å². The predicted octanol–water partition coefficient (Wildman–Crippen LogP) is 4.89. The van der Waals surface area contributed by atoms with E-state index in [9.17, 15) is 14.4 Å². The Kier molecular flexibility index (Phi) is 6.29. The van der Waals surface area contributed by atoms with Crippen molar-refractivity contribution >= 4 is 35.3 Å². The molecule has 1 saturated carbocycles. The van der Waals surface area contributed by atoms with Crippen LogP contribution in [0.4, 0.5) is 10.5 Å². The van der Waals surface area contributed by atoms with Gasteiger partial charge in [-0.25, -0.2) is 4.79 Å². The van der Waals surface area contributed by atoms with Gasteiger partial charge in [-0.3, -0.25) is 14.5 Å². The molecule has 6 nitrogen and oxygen atoms in total. The summed E-state index contributed by atoms with van der Waals surface area (Å²) in [6, 6.07) is 13.5. The highest BCUT2D eigenvalue weighted by Gasteiger charge is 2.55. The summed E-state index contributed by atoms with van der Waals surface area (Å²) in [5, 5.41) is 5.68. The van der Waals surface area contributed by atoms with E-state index in [1.54, 1.807) is 11.8 Å². The van der Waals surface area contributed by atoms with Gasteiger partial charge in [-0.15, -0.1) is 0 Å². The molecule has 2 fully saturated rings. The number of hydrogen-bond donors (Lipinski definition) is 2.